The van der Waals surface area contributed by atoms with E-state index in [2.05, 4.69) is 0 Å². The highest BCUT2D eigenvalue weighted by molar-refractivity contribution is 4.57. The van der Waals surface area contributed by atoms with E-state index >= 15 is 0 Å². The minimum Gasteiger partial charge on any atom is -0.385 e. The van der Waals surface area contributed by atoms with Crippen molar-refractivity contribution in [1.29, 1.82) is 0 Å². The third-order valence-electron chi connectivity index (χ3n) is 1.37. The Kier molecular flexibility index (Phi) is 7.83. The molecule has 0 rings (SSSR count). The maximum atomic E-state index is 5.36. The normalized spacial score (nSPS) is 10.9. The Bertz CT molecular complexity index is 76.8. The monoisotopic (exact) mass is 162 g/mol. The van der Waals surface area contributed by atoms with Gasteiger partial charge in [0.05, 0.1) is 6.10 Å². The van der Waals surface area contributed by atoms with Gasteiger partial charge in [-0.3, -0.25) is 0 Å². The summed E-state index contributed by atoms with van der Waals surface area (Å²) in [5.74, 6) is 0. The molecule has 0 aromatic carbocycles. The van der Waals surface area contributed by atoms with Crippen LogP contribution < -0.4 is 11.5 Å². The van der Waals surface area contributed by atoms with Crippen LogP contribution in [0.25, 0.3) is 0 Å². The Balaban J connectivity index is 3.07. The summed E-state index contributed by atoms with van der Waals surface area (Å²) in [6.45, 7) is 2.38. The molecule has 0 unspecified atom stereocenters. The summed E-state index contributed by atoms with van der Waals surface area (Å²) < 4.78 is 10.2. The van der Waals surface area contributed by atoms with Crippen LogP contribution in [-0.4, -0.2) is 39.5 Å². The van der Waals surface area contributed by atoms with E-state index in [9.17, 15) is 0 Å². The van der Waals surface area contributed by atoms with Crippen LogP contribution in [-0.2, 0) is 9.47 Å². The molecule has 0 radical (unpaired) electrons. The van der Waals surface area contributed by atoms with Crippen LogP contribution in [0.5, 0.6) is 0 Å². The van der Waals surface area contributed by atoms with Crippen LogP contribution in [0.4, 0.5) is 0 Å². The van der Waals surface area contributed by atoms with Gasteiger partial charge >= 0.3 is 0 Å². The first-order chi connectivity index (χ1) is 5.35. The third kappa shape index (κ3) is 6.25. The summed E-state index contributed by atoms with van der Waals surface area (Å²) in [5.41, 5.74) is 10.7. The summed E-state index contributed by atoms with van der Waals surface area (Å²) in [6, 6.07) is 0. The standard InChI is InChI=1S/C7H18N2O2/c1-10-3-2-4-11-7(5-8)6-9/h7H,2-6,8-9H2,1H3. The van der Waals surface area contributed by atoms with Crippen molar-refractivity contribution in [1.82, 2.24) is 0 Å². The molecule has 4 N–H and O–H groups in total. The summed E-state index contributed by atoms with van der Waals surface area (Å²) in [5, 5.41) is 0. The van der Waals surface area contributed by atoms with E-state index in [0.29, 0.717) is 19.7 Å². The molecule has 0 heterocycles. The lowest BCUT2D eigenvalue weighted by Crippen LogP contribution is -2.32. The van der Waals surface area contributed by atoms with Crippen LogP contribution in [0.2, 0.25) is 0 Å². The Morgan fingerprint density at radius 2 is 1.82 bits per heavy atom. The van der Waals surface area contributed by atoms with E-state index < -0.39 is 0 Å². The zero-order valence-corrected chi connectivity index (χ0v) is 7.08. The second-order valence-electron chi connectivity index (χ2n) is 2.31. The molecule has 0 atom stereocenters. The zero-order chi connectivity index (χ0) is 8.53. The molecule has 0 saturated carbocycles. The van der Waals surface area contributed by atoms with Crippen molar-refractivity contribution in [3.63, 3.8) is 0 Å². The van der Waals surface area contributed by atoms with Crippen LogP contribution in [0.15, 0.2) is 0 Å². The summed E-state index contributed by atoms with van der Waals surface area (Å²) in [7, 11) is 1.67. The maximum Gasteiger partial charge on any atom is 0.0819 e. The van der Waals surface area contributed by atoms with Gasteiger partial charge in [0.2, 0.25) is 0 Å². The van der Waals surface area contributed by atoms with Gasteiger partial charge in [0.15, 0.2) is 0 Å². The summed E-state index contributed by atoms with van der Waals surface area (Å²) in [4.78, 5) is 0. The Hall–Kier alpha value is -0.160. The molecule has 0 aromatic heterocycles. The molecule has 0 aliphatic carbocycles. The molecule has 0 spiro atoms. The average molecular weight is 162 g/mol. The first kappa shape index (κ1) is 10.8. The van der Waals surface area contributed by atoms with Crippen molar-refractivity contribution in [3.8, 4) is 0 Å². The molecule has 0 bridgehead atoms. The highest BCUT2D eigenvalue weighted by atomic mass is 16.5. The number of methoxy groups -OCH3 is 1. The number of ether oxygens (including phenoxy) is 2. The molecular weight excluding hydrogens is 144 g/mol. The molecule has 0 fully saturated rings. The van der Waals surface area contributed by atoms with E-state index in [1.807, 2.05) is 0 Å². The van der Waals surface area contributed by atoms with Crippen molar-refractivity contribution < 1.29 is 9.47 Å². The molecule has 0 saturated heterocycles. The van der Waals surface area contributed by atoms with Crippen molar-refractivity contribution in [3.05, 3.63) is 0 Å². The van der Waals surface area contributed by atoms with E-state index in [4.69, 9.17) is 20.9 Å². The molecule has 4 nitrogen and oxygen atoms in total. The van der Waals surface area contributed by atoms with Crippen LogP contribution in [0.3, 0.4) is 0 Å². The topological polar surface area (TPSA) is 70.5 Å². The van der Waals surface area contributed by atoms with Crippen LogP contribution in [0, 0.1) is 0 Å². The lowest BCUT2D eigenvalue weighted by Gasteiger charge is -2.12. The van der Waals surface area contributed by atoms with E-state index in [1.165, 1.54) is 0 Å². The first-order valence-corrected chi connectivity index (χ1v) is 3.85. The number of nitrogens with two attached hydrogens (primary N) is 2. The lowest BCUT2D eigenvalue weighted by atomic mass is 10.3. The average Bonchev–Trinajstić information content (AvgIpc) is 2.05. The van der Waals surface area contributed by atoms with Crippen LogP contribution >= 0.6 is 0 Å². The van der Waals surface area contributed by atoms with Gasteiger partial charge in [-0.2, -0.15) is 0 Å². The fourth-order valence-corrected chi connectivity index (χ4v) is 0.686. The molecule has 11 heavy (non-hydrogen) atoms. The van der Waals surface area contributed by atoms with E-state index in [-0.39, 0.29) is 6.10 Å². The predicted octanol–water partition coefficient (Wildman–Crippen LogP) is -0.674. The van der Waals surface area contributed by atoms with Crippen molar-refractivity contribution >= 4 is 0 Å². The minimum atomic E-state index is 0.00635. The molecular formula is C7H18N2O2. The Labute approximate surface area is 67.8 Å². The number of hydrogen-bond acceptors (Lipinski definition) is 4. The first-order valence-electron chi connectivity index (χ1n) is 3.85. The molecule has 0 amide bonds. The van der Waals surface area contributed by atoms with E-state index in [1.54, 1.807) is 7.11 Å². The second-order valence-corrected chi connectivity index (χ2v) is 2.31. The highest BCUT2D eigenvalue weighted by Gasteiger charge is 2.01. The fourth-order valence-electron chi connectivity index (χ4n) is 0.686. The third-order valence-corrected chi connectivity index (χ3v) is 1.37. The lowest BCUT2D eigenvalue weighted by molar-refractivity contribution is 0.0497. The smallest absolute Gasteiger partial charge is 0.0819 e. The van der Waals surface area contributed by atoms with Crippen molar-refractivity contribution in [2.45, 2.75) is 12.5 Å². The Morgan fingerprint density at radius 3 is 2.27 bits per heavy atom. The highest BCUT2D eigenvalue weighted by Crippen LogP contribution is 1.89. The Morgan fingerprint density at radius 1 is 1.18 bits per heavy atom. The quantitative estimate of drug-likeness (QED) is 0.487. The van der Waals surface area contributed by atoms with Gasteiger partial charge in [-0.25, -0.2) is 0 Å². The molecule has 0 aromatic rings. The number of hydrogen-bond donors (Lipinski definition) is 2. The van der Waals surface area contributed by atoms with Gasteiger partial charge in [0.1, 0.15) is 0 Å². The second kappa shape index (κ2) is 7.94. The van der Waals surface area contributed by atoms with Crippen LogP contribution in [0.1, 0.15) is 6.42 Å². The van der Waals surface area contributed by atoms with Gasteiger partial charge < -0.3 is 20.9 Å². The summed E-state index contributed by atoms with van der Waals surface area (Å²) >= 11 is 0. The van der Waals surface area contributed by atoms with E-state index in [0.717, 1.165) is 13.0 Å². The molecule has 0 aliphatic heterocycles. The number of rotatable bonds is 7. The fraction of sp³-hybridized carbons (Fsp3) is 1.00. The predicted molar refractivity (Wildman–Crippen MR) is 44.3 cm³/mol. The minimum absolute atomic E-state index is 0.00635. The molecule has 4 heteroatoms. The van der Waals surface area contributed by atoms with Gasteiger partial charge in [-0.05, 0) is 6.42 Å². The van der Waals surface area contributed by atoms with Gasteiger partial charge in [-0.15, -0.1) is 0 Å². The van der Waals surface area contributed by atoms with Crippen molar-refractivity contribution in [2.24, 2.45) is 11.5 Å². The summed E-state index contributed by atoms with van der Waals surface area (Å²) in [6.07, 6.45) is 0.902. The zero-order valence-electron chi connectivity index (χ0n) is 7.08. The van der Waals surface area contributed by atoms with Crippen molar-refractivity contribution in [2.75, 3.05) is 33.4 Å². The van der Waals surface area contributed by atoms with Gasteiger partial charge in [-0.1, -0.05) is 0 Å². The SMILES string of the molecule is COCCCOC(CN)CN. The molecule has 0 aliphatic rings. The molecule has 68 valence electrons. The van der Waals surface area contributed by atoms with Gasteiger partial charge in [0.25, 0.3) is 0 Å². The maximum absolute atomic E-state index is 5.36. The van der Waals surface area contributed by atoms with Gasteiger partial charge in [0, 0.05) is 33.4 Å². The largest absolute Gasteiger partial charge is 0.385 e.